The Morgan fingerprint density at radius 2 is 1.19 bits per heavy atom. The SMILES string of the molecule is COc1cc(C=NN=Cc2cc(CO)c(O)c(CO)c2)cc(OC)c1O. The van der Waals surface area contributed by atoms with Crippen molar-refractivity contribution in [3.63, 3.8) is 0 Å². The maximum Gasteiger partial charge on any atom is 0.200 e. The van der Waals surface area contributed by atoms with E-state index in [1.54, 1.807) is 24.3 Å². The van der Waals surface area contributed by atoms with Gasteiger partial charge in [-0.3, -0.25) is 0 Å². The highest BCUT2D eigenvalue weighted by atomic mass is 16.5. The van der Waals surface area contributed by atoms with Crippen molar-refractivity contribution in [2.24, 2.45) is 10.2 Å². The minimum atomic E-state index is -0.364. The minimum Gasteiger partial charge on any atom is -0.507 e. The van der Waals surface area contributed by atoms with Crippen LogP contribution in [0.4, 0.5) is 0 Å². The maximum absolute atomic E-state index is 9.87. The van der Waals surface area contributed by atoms with Gasteiger partial charge in [0.2, 0.25) is 5.75 Å². The molecule has 0 spiro atoms. The molecule has 8 nitrogen and oxygen atoms in total. The van der Waals surface area contributed by atoms with E-state index < -0.39 is 0 Å². The highest BCUT2D eigenvalue weighted by Gasteiger charge is 2.10. The Labute approximate surface area is 150 Å². The number of methoxy groups -OCH3 is 2. The summed E-state index contributed by atoms with van der Waals surface area (Å²) in [5.74, 6) is 0.244. The second-order valence-corrected chi connectivity index (χ2v) is 5.27. The number of aliphatic hydroxyl groups excluding tert-OH is 2. The van der Waals surface area contributed by atoms with Gasteiger partial charge in [-0.05, 0) is 29.8 Å². The molecular formula is C18H20N2O6. The monoisotopic (exact) mass is 360 g/mol. The number of benzene rings is 2. The lowest BCUT2D eigenvalue weighted by atomic mass is 10.1. The fourth-order valence-corrected chi connectivity index (χ4v) is 2.29. The number of phenols is 2. The Hall–Kier alpha value is -3.10. The van der Waals surface area contributed by atoms with Gasteiger partial charge in [-0.15, -0.1) is 0 Å². The largest absolute Gasteiger partial charge is 0.507 e. The quantitative estimate of drug-likeness (QED) is 0.439. The third-order valence-electron chi connectivity index (χ3n) is 3.61. The molecule has 0 aromatic heterocycles. The first-order valence-electron chi connectivity index (χ1n) is 7.61. The Balaban J connectivity index is 2.23. The van der Waals surface area contributed by atoms with Crippen LogP contribution in [0.2, 0.25) is 0 Å². The van der Waals surface area contributed by atoms with Crippen LogP contribution in [0.25, 0.3) is 0 Å². The van der Waals surface area contributed by atoms with E-state index in [-0.39, 0.29) is 47.3 Å². The Morgan fingerprint density at radius 1 is 0.769 bits per heavy atom. The van der Waals surface area contributed by atoms with E-state index in [2.05, 4.69) is 10.2 Å². The van der Waals surface area contributed by atoms with E-state index >= 15 is 0 Å². The van der Waals surface area contributed by atoms with E-state index in [4.69, 9.17) is 9.47 Å². The molecular weight excluding hydrogens is 340 g/mol. The van der Waals surface area contributed by atoms with Crippen molar-refractivity contribution in [2.45, 2.75) is 13.2 Å². The summed E-state index contributed by atoms with van der Waals surface area (Å²) in [7, 11) is 2.85. The van der Waals surface area contributed by atoms with Gasteiger partial charge < -0.3 is 29.9 Å². The number of hydrogen-bond donors (Lipinski definition) is 4. The summed E-state index contributed by atoms with van der Waals surface area (Å²) in [6, 6.07) is 6.23. The fraction of sp³-hybridized carbons (Fsp3) is 0.222. The van der Waals surface area contributed by atoms with Crippen LogP contribution in [0.3, 0.4) is 0 Å². The summed E-state index contributed by atoms with van der Waals surface area (Å²) in [4.78, 5) is 0. The third kappa shape index (κ3) is 4.29. The van der Waals surface area contributed by atoms with Crippen LogP contribution in [0.5, 0.6) is 23.0 Å². The molecule has 2 rings (SSSR count). The molecule has 0 aliphatic rings. The van der Waals surface area contributed by atoms with Gasteiger partial charge in [0.25, 0.3) is 0 Å². The third-order valence-corrected chi connectivity index (χ3v) is 3.61. The number of aromatic hydroxyl groups is 2. The van der Waals surface area contributed by atoms with Crippen molar-refractivity contribution in [1.82, 2.24) is 0 Å². The zero-order valence-electron chi connectivity index (χ0n) is 14.4. The number of phenolic OH excluding ortho intramolecular Hbond substituents is 1. The van der Waals surface area contributed by atoms with E-state index in [9.17, 15) is 20.4 Å². The Bertz CT molecular complexity index is 713. The zero-order valence-corrected chi connectivity index (χ0v) is 14.4. The van der Waals surface area contributed by atoms with Gasteiger partial charge in [-0.25, -0.2) is 0 Å². The van der Waals surface area contributed by atoms with Crippen molar-refractivity contribution in [3.05, 3.63) is 46.5 Å². The maximum atomic E-state index is 9.87. The summed E-state index contributed by atoms with van der Waals surface area (Å²) >= 11 is 0. The van der Waals surface area contributed by atoms with Crippen LogP contribution in [-0.4, -0.2) is 47.1 Å². The second-order valence-electron chi connectivity index (χ2n) is 5.27. The molecule has 0 amide bonds. The average molecular weight is 360 g/mol. The van der Waals surface area contributed by atoms with Crippen molar-refractivity contribution >= 4 is 12.4 Å². The van der Waals surface area contributed by atoms with Crippen LogP contribution < -0.4 is 9.47 Å². The van der Waals surface area contributed by atoms with Crippen molar-refractivity contribution in [2.75, 3.05) is 14.2 Å². The highest BCUT2D eigenvalue weighted by molar-refractivity contribution is 5.84. The number of hydrogen-bond acceptors (Lipinski definition) is 8. The summed E-state index contributed by atoms with van der Waals surface area (Å²) in [6.45, 7) is -0.728. The van der Waals surface area contributed by atoms with Gasteiger partial charge in [-0.2, -0.15) is 10.2 Å². The Morgan fingerprint density at radius 3 is 1.58 bits per heavy atom. The van der Waals surface area contributed by atoms with Gasteiger partial charge in [0.1, 0.15) is 5.75 Å². The van der Waals surface area contributed by atoms with Gasteiger partial charge in [0.05, 0.1) is 39.9 Å². The molecule has 0 saturated carbocycles. The van der Waals surface area contributed by atoms with Gasteiger partial charge in [-0.1, -0.05) is 0 Å². The van der Waals surface area contributed by atoms with Crippen molar-refractivity contribution in [1.29, 1.82) is 0 Å². The van der Waals surface area contributed by atoms with E-state index in [0.29, 0.717) is 11.1 Å². The summed E-state index contributed by atoms with van der Waals surface area (Å²) in [5, 5.41) is 46.0. The number of nitrogens with zero attached hydrogens (tertiary/aromatic N) is 2. The topological polar surface area (TPSA) is 124 Å². The first-order chi connectivity index (χ1) is 12.5. The molecule has 8 heteroatoms. The highest BCUT2D eigenvalue weighted by Crippen LogP contribution is 2.36. The number of ether oxygens (including phenoxy) is 2. The molecule has 4 N–H and O–H groups in total. The normalized spacial score (nSPS) is 11.4. The van der Waals surface area contributed by atoms with Crippen LogP contribution in [-0.2, 0) is 13.2 Å². The lowest BCUT2D eigenvalue weighted by molar-refractivity contribution is 0.263. The van der Waals surface area contributed by atoms with Gasteiger partial charge >= 0.3 is 0 Å². The smallest absolute Gasteiger partial charge is 0.200 e. The zero-order chi connectivity index (χ0) is 19.1. The van der Waals surface area contributed by atoms with E-state index in [1.807, 2.05) is 0 Å². The molecule has 26 heavy (non-hydrogen) atoms. The van der Waals surface area contributed by atoms with Crippen molar-refractivity contribution < 1.29 is 29.9 Å². The minimum absolute atomic E-state index is 0.104. The van der Waals surface area contributed by atoms with Gasteiger partial charge in [0, 0.05) is 16.7 Å². The van der Waals surface area contributed by atoms with E-state index in [1.165, 1.54) is 26.6 Å². The lowest BCUT2D eigenvalue weighted by Crippen LogP contribution is -1.95. The molecule has 0 atom stereocenters. The molecule has 0 aliphatic heterocycles. The molecule has 0 heterocycles. The fourth-order valence-electron chi connectivity index (χ4n) is 2.29. The first kappa shape index (κ1) is 19.2. The standard InChI is InChI=1S/C18H20N2O6/c1-25-15-5-12(6-16(26-2)18(15)24)8-20-19-7-11-3-13(9-21)17(23)14(4-11)10-22/h3-8,21-24H,9-10H2,1-2H3. The molecule has 0 bridgehead atoms. The molecule has 0 saturated heterocycles. The van der Waals surface area contributed by atoms with Crippen LogP contribution in [0, 0.1) is 0 Å². The number of aliphatic hydroxyl groups is 2. The molecule has 0 unspecified atom stereocenters. The summed E-state index contributed by atoms with van der Waals surface area (Å²) in [6.07, 6.45) is 2.87. The van der Waals surface area contributed by atoms with Gasteiger partial charge in [0.15, 0.2) is 11.5 Å². The van der Waals surface area contributed by atoms with Crippen molar-refractivity contribution in [3.8, 4) is 23.0 Å². The Kier molecular flexibility index (Phi) is 6.54. The van der Waals surface area contributed by atoms with Crippen LogP contribution in [0.15, 0.2) is 34.5 Å². The molecule has 2 aromatic carbocycles. The first-order valence-corrected chi connectivity index (χ1v) is 7.61. The molecule has 0 fully saturated rings. The molecule has 0 radical (unpaired) electrons. The van der Waals surface area contributed by atoms with Crippen LogP contribution >= 0.6 is 0 Å². The molecule has 2 aromatic rings. The lowest BCUT2D eigenvalue weighted by Gasteiger charge is -2.08. The summed E-state index contributed by atoms with van der Waals surface area (Å²) in [5.41, 5.74) is 1.74. The number of rotatable bonds is 7. The second kappa shape index (κ2) is 8.84. The molecule has 138 valence electrons. The predicted octanol–water partition coefficient (Wildman–Crippen LogP) is 1.55. The van der Waals surface area contributed by atoms with Crippen LogP contribution in [0.1, 0.15) is 22.3 Å². The van der Waals surface area contributed by atoms with E-state index in [0.717, 1.165) is 0 Å². The predicted molar refractivity (Wildman–Crippen MR) is 96.4 cm³/mol. The average Bonchev–Trinajstić information content (AvgIpc) is 2.66. The summed E-state index contributed by atoms with van der Waals surface area (Å²) < 4.78 is 10.1. The molecule has 0 aliphatic carbocycles.